The molecule has 0 spiro atoms. The number of nitrogens with one attached hydrogen (secondary N) is 1. The van der Waals surface area contributed by atoms with E-state index in [-0.39, 0.29) is 12.5 Å². The summed E-state index contributed by atoms with van der Waals surface area (Å²) in [5.74, 6) is 1.08. The molecular weight excluding hydrogens is 374 g/mol. The van der Waals surface area contributed by atoms with E-state index in [0.717, 1.165) is 34.9 Å². The Morgan fingerprint density at radius 2 is 2.00 bits per heavy atom. The van der Waals surface area contributed by atoms with Crippen LogP contribution in [0.5, 0.6) is 11.5 Å². The normalized spacial score (nSPS) is 10.5. The molecule has 0 bridgehead atoms. The zero-order valence-corrected chi connectivity index (χ0v) is 17.0. The van der Waals surface area contributed by atoms with Crippen LogP contribution in [-0.4, -0.2) is 29.2 Å². The van der Waals surface area contributed by atoms with E-state index in [9.17, 15) is 4.79 Å². The fraction of sp³-hybridized carbons (Fsp3) is 0.238. The van der Waals surface area contributed by atoms with Crippen LogP contribution in [-0.2, 0) is 11.3 Å². The number of carbonyl (C=O) groups is 1. The topological polar surface area (TPSA) is 65.4 Å². The number of benzene rings is 1. The summed E-state index contributed by atoms with van der Waals surface area (Å²) in [5, 5.41) is 5.28. The van der Waals surface area contributed by atoms with Gasteiger partial charge in [-0.2, -0.15) is 0 Å². The van der Waals surface area contributed by atoms with Crippen LogP contribution < -0.4 is 14.8 Å². The van der Waals surface area contributed by atoms with E-state index in [1.54, 1.807) is 31.4 Å². The van der Waals surface area contributed by atoms with Crippen molar-refractivity contribution in [1.82, 2.24) is 9.55 Å². The molecule has 28 heavy (non-hydrogen) atoms. The molecule has 0 saturated carbocycles. The molecule has 146 valence electrons. The number of nitrogens with zero attached hydrogens (tertiary/aromatic N) is 2. The maximum absolute atomic E-state index is 12.2. The highest BCUT2D eigenvalue weighted by molar-refractivity contribution is 7.14. The number of anilines is 1. The fourth-order valence-electron chi connectivity index (χ4n) is 2.90. The summed E-state index contributed by atoms with van der Waals surface area (Å²) in [6.45, 7) is 8.60. The van der Waals surface area contributed by atoms with Gasteiger partial charge in [-0.05, 0) is 44.2 Å². The second-order valence-corrected chi connectivity index (χ2v) is 7.09. The molecule has 6 nitrogen and oxygen atoms in total. The molecule has 7 heteroatoms. The molecule has 1 aromatic carbocycles. The van der Waals surface area contributed by atoms with Gasteiger partial charge in [0, 0.05) is 28.9 Å². The number of amides is 1. The Bertz CT molecular complexity index is 973. The number of carbonyl (C=O) groups excluding carboxylic acids is 1. The van der Waals surface area contributed by atoms with Gasteiger partial charge in [0.05, 0.1) is 12.8 Å². The van der Waals surface area contributed by atoms with Gasteiger partial charge in [0.25, 0.3) is 5.91 Å². The third kappa shape index (κ3) is 4.43. The van der Waals surface area contributed by atoms with Gasteiger partial charge in [-0.25, -0.2) is 4.98 Å². The summed E-state index contributed by atoms with van der Waals surface area (Å²) >= 11 is 1.39. The van der Waals surface area contributed by atoms with Crippen molar-refractivity contribution in [2.24, 2.45) is 0 Å². The van der Waals surface area contributed by atoms with E-state index in [4.69, 9.17) is 9.47 Å². The highest BCUT2D eigenvalue weighted by Crippen LogP contribution is 2.30. The van der Waals surface area contributed by atoms with E-state index in [0.29, 0.717) is 10.9 Å². The first-order chi connectivity index (χ1) is 13.5. The first-order valence-electron chi connectivity index (χ1n) is 8.82. The summed E-state index contributed by atoms with van der Waals surface area (Å²) in [6, 6.07) is 9.18. The number of methoxy groups -OCH3 is 1. The number of thiazole rings is 1. The SMILES string of the molecule is C=CCn1c(C)cc(-c2csc(NC(=O)COc3ccc(OC)cc3)n2)c1C. The monoisotopic (exact) mass is 397 g/mol. The molecule has 2 aromatic heterocycles. The first-order valence-corrected chi connectivity index (χ1v) is 9.70. The van der Waals surface area contributed by atoms with Gasteiger partial charge < -0.3 is 14.0 Å². The standard InChI is InChI=1S/C21H23N3O3S/c1-5-10-24-14(2)11-18(15(24)3)19-13-28-21(22-19)23-20(25)12-27-17-8-6-16(26-4)7-9-17/h5-9,11,13H,1,10,12H2,2-4H3,(H,22,23,25). The van der Waals surface area contributed by atoms with E-state index >= 15 is 0 Å². The van der Waals surface area contributed by atoms with Crippen LogP contribution in [0.1, 0.15) is 11.4 Å². The average Bonchev–Trinajstić information content (AvgIpc) is 3.26. The van der Waals surface area contributed by atoms with E-state index in [1.807, 2.05) is 11.5 Å². The third-order valence-corrected chi connectivity index (χ3v) is 5.10. The second kappa shape index (κ2) is 8.75. The van der Waals surface area contributed by atoms with Gasteiger partial charge in [-0.1, -0.05) is 6.08 Å². The Hall–Kier alpha value is -3.06. The summed E-state index contributed by atoms with van der Waals surface area (Å²) < 4.78 is 12.8. The van der Waals surface area contributed by atoms with Crippen molar-refractivity contribution in [3.63, 3.8) is 0 Å². The van der Waals surface area contributed by atoms with Crippen molar-refractivity contribution in [3.8, 4) is 22.8 Å². The van der Waals surface area contributed by atoms with Gasteiger partial charge in [-0.15, -0.1) is 17.9 Å². The van der Waals surface area contributed by atoms with E-state index in [2.05, 4.69) is 41.4 Å². The number of hydrogen-bond donors (Lipinski definition) is 1. The van der Waals surface area contributed by atoms with Crippen LogP contribution in [0.15, 0.2) is 48.4 Å². The maximum atomic E-state index is 12.2. The Kier molecular flexibility index (Phi) is 6.16. The number of aryl methyl sites for hydroxylation is 1. The van der Waals surface area contributed by atoms with E-state index in [1.165, 1.54) is 11.3 Å². The van der Waals surface area contributed by atoms with Gasteiger partial charge in [0.2, 0.25) is 0 Å². The lowest BCUT2D eigenvalue weighted by Crippen LogP contribution is -2.20. The van der Waals surface area contributed by atoms with Crippen LogP contribution in [0.2, 0.25) is 0 Å². The number of rotatable bonds is 8. The number of allylic oxidation sites excluding steroid dienone is 1. The number of hydrogen-bond acceptors (Lipinski definition) is 5. The summed E-state index contributed by atoms with van der Waals surface area (Å²) in [5.41, 5.74) is 4.19. The van der Waals surface area contributed by atoms with Gasteiger partial charge in [0.1, 0.15) is 11.5 Å². The molecule has 0 atom stereocenters. The lowest BCUT2D eigenvalue weighted by Gasteiger charge is -2.06. The maximum Gasteiger partial charge on any atom is 0.264 e. The van der Waals surface area contributed by atoms with Crippen molar-refractivity contribution in [3.05, 3.63) is 59.8 Å². The Morgan fingerprint density at radius 3 is 2.68 bits per heavy atom. The molecule has 0 unspecified atom stereocenters. The minimum Gasteiger partial charge on any atom is -0.497 e. The molecule has 3 aromatic rings. The van der Waals surface area contributed by atoms with Crippen molar-refractivity contribution in [2.75, 3.05) is 19.0 Å². The predicted octanol–water partition coefficient (Wildman–Crippen LogP) is 4.44. The molecule has 0 aliphatic rings. The van der Waals surface area contributed by atoms with Crippen LogP contribution in [0.25, 0.3) is 11.3 Å². The van der Waals surface area contributed by atoms with Crippen molar-refractivity contribution < 1.29 is 14.3 Å². The highest BCUT2D eigenvalue weighted by atomic mass is 32.1. The minimum atomic E-state index is -0.256. The van der Waals surface area contributed by atoms with Crippen LogP contribution in [0.4, 0.5) is 5.13 Å². The average molecular weight is 398 g/mol. The lowest BCUT2D eigenvalue weighted by molar-refractivity contribution is -0.118. The lowest BCUT2D eigenvalue weighted by atomic mass is 10.2. The Morgan fingerprint density at radius 1 is 1.29 bits per heavy atom. The molecule has 1 amide bonds. The highest BCUT2D eigenvalue weighted by Gasteiger charge is 2.14. The predicted molar refractivity (Wildman–Crippen MR) is 112 cm³/mol. The van der Waals surface area contributed by atoms with Crippen LogP contribution in [0, 0.1) is 13.8 Å². The molecule has 0 aliphatic heterocycles. The molecule has 0 aliphatic carbocycles. The molecule has 0 saturated heterocycles. The zero-order chi connectivity index (χ0) is 20.1. The zero-order valence-electron chi connectivity index (χ0n) is 16.2. The van der Waals surface area contributed by atoms with Gasteiger partial charge in [0.15, 0.2) is 11.7 Å². The molecule has 2 heterocycles. The summed E-state index contributed by atoms with van der Waals surface area (Å²) in [4.78, 5) is 16.7. The van der Waals surface area contributed by atoms with Crippen molar-refractivity contribution in [2.45, 2.75) is 20.4 Å². The van der Waals surface area contributed by atoms with Crippen LogP contribution in [0.3, 0.4) is 0 Å². The number of aromatic nitrogens is 2. The minimum absolute atomic E-state index is 0.0882. The third-order valence-electron chi connectivity index (χ3n) is 4.34. The van der Waals surface area contributed by atoms with E-state index < -0.39 is 0 Å². The van der Waals surface area contributed by atoms with Gasteiger partial charge >= 0.3 is 0 Å². The van der Waals surface area contributed by atoms with Gasteiger partial charge in [-0.3, -0.25) is 10.1 Å². The molecular formula is C21H23N3O3S. The molecule has 1 N–H and O–H groups in total. The summed E-state index contributed by atoms with van der Waals surface area (Å²) in [7, 11) is 1.60. The molecule has 0 fully saturated rings. The van der Waals surface area contributed by atoms with Crippen molar-refractivity contribution >= 4 is 22.4 Å². The Labute approximate surface area is 168 Å². The Balaban J connectivity index is 1.61. The fourth-order valence-corrected chi connectivity index (χ4v) is 3.63. The smallest absolute Gasteiger partial charge is 0.264 e. The second-order valence-electron chi connectivity index (χ2n) is 6.23. The molecule has 0 radical (unpaired) electrons. The largest absolute Gasteiger partial charge is 0.497 e. The van der Waals surface area contributed by atoms with Crippen molar-refractivity contribution in [1.29, 1.82) is 0 Å². The van der Waals surface area contributed by atoms with Crippen LogP contribution >= 0.6 is 11.3 Å². The first kappa shape index (κ1) is 19.7. The number of ether oxygens (including phenoxy) is 2. The quantitative estimate of drug-likeness (QED) is 0.571. The summed E-state index contributed by atoms with van der Waals surface area (Å²) in [6.07, 6.45) is 1.87. The molecule has 3 rings (SSSR count).